The normalized spacial score (nSPS) is 17.2. The topological polar surface area (TPSA) is 101 Å². The highest BCUT2D eigenvalue weighted by Gasteiger charge is 2.27. The Morgan fingerprint density at radius 2 is 1.70 bits per heavy atom. The Balaban J connectivity index is 2.20. The minimum absolute atomic E-state index is 0.0844. The van der Waals surface area contributed by atoms with Crippen molar-refractivity contribution in [1.29, 1.82) is 0 Å². The van der Waals surface area contributed by atoms with Crippen molar-refractivity contribution in [3.05, 3.63) is 24.3 Å². The first kappa shape index (κ1) is 17.9. The lowest BCUT2D eigenvalue weighted by atomic mass is 10.3. The summed E-state index contributed by atoms with van der Waals surface area (Å²) < 4.78 is 50.1. The molecule has 0 saturated carbocycles. The molecule has 1 aromatic carbocycles. The van der Waals surface area contributed by atoms with Gasteiger partial charge in [-0.1, -0.05) is 6.07 Å². The van der Waals surface area contributed by atoms with Gasteiger partial charge in [0, 0.05) is 19.3 Å². The number of likely N-dealkylation sites (tertiary alicyclic amines) is 1. The zero-order valence-corrected chi connectivity index (χ0v) is 14.7. The van der Waals surface area contributed by atoms with E-state index in [-0.39, 0.29) is 15.7 Å². The highest BCUT2D eigenvalue weighted by molar-refractivity contribution is 7.91. The van der Waals surface area contributed by atoms with Crippen LogP contribution in [0.4, 0.5) is 0 Å². The first-order valence-electron chi connectivity index (χ1n) is 7.22. The number of hydrogen-bond acceptors (Lipinski definition) is 5. The molecule has 1 aliphatic rings. The molecule has 128 valence electrons. The fraction of sp³-hybridized carbons (Fsp3) is 0.500. The van der Waals surface area contributed by atoms with E-state index in [2.05, 4.69) is 4.72 Å². The van der Waals surface area contributed by atoms with Crippen LogP contribution in [0.15, 0.2) is 34.1 Å². The summed E-state index contributed by atoms with van der Waals surface area (Å²) >= 11 is 0. The zero-order valence-electron chi connectivity index (χ0n) is 13.0. The van der Waals surface area contributed by atoms with E-state index in [0.717, 1.165) is 25.2 Å². The van der Waals surface area contributed by atoms with E-state index in [1.807, 2.05) is 0 Å². The average molecular weight is 360 g/mol. The van der Waals surface area contributed by atoms with Gasteiger partial charge in [0.15, 0.2) is 9.84 Å². The summed E-state index contributed by atoms with van der Waals surface area (Å²) in [5, 5.41) is 0. The quantitative estimate of drug-likeness (QED) is 0.818. The maximum atomic E-state index is 12.4. The third-order valence-electron chi connectivity index (χ3n) is 3.66. The second kappa shape index (κ2) is 6.58. The summed E-state index contributed by atoms with van der Waals surface area (Å²) in [6.45, 7) is 2.75. The van der Waals surface area contributed by atoms with Crippen LogP contribution in [0.3, 0.4) is 0 Å². The minimum atomic E-state index is -3.98. The molecule has 1 atom stereocenters. The standard InChI is InChI=1S/C14H20N2O5S2/c1-11(14(17)16-8-3-4-9-16)15-23(20,21)13-7-5-6-12(10-13)22(2,18)19/h5-7,10-11,15H,3-4,8-9H2,1-2H3/t11-/m0/s1. The second-order valence-electron chi connectivity index (χ2n) is 5.62. The number of carbonyl (C=O) groups excluding carboxylic acids is 1. The van der Waals surface area contributed by atoms with Crippen LogP contribution in [0.1, 0.15) is 19.8 Å². The van der Waals surface area contributed by atoms with Crippen molar-refractivity contribution >= 4 is 25.8 Å². The number of nitrogens with zero attached hydrogens (tertiary/aromatic N) is 1. The predicted molar refractivity (Wildman–Crippen MR) is 85.1 cm³/mol. The van der Waals surface area contributed by atoms with Gasteiger partial charge >= 0.3 is 0 Å². The molecular formula is C14H20N2O5S2. The van der Waals surface area contributed by atoms with Crippen molar-refractivity contribution in [3.63, 3.8) is 0 Å². The third kappa shape index (κ3) is 4.30. The van der Waals surface area contributed by atoms with Gasteiger partial charge in [0.25, 0.3) is 0 Å². The van der Waals surface area contributed by atoms with Gasteiger partial charge in [-0.25, -0.2) is 16.8 Å². The van der Waals surface area contributed by atoms with E-state index in [1.165, 1.54) is 25.1 Å². The Hall–Kier alpha value is -1.45. The van der Waals surface area contributed by atoms with E-state index in [4.69, 9.17) is 0 Å². The molecule has 0 aromatic heterocycles. The van der Waals surface area contributed by atoms with Crippen LogP contribution >= 0.6 is 0 Å². The molecule has 1 aliphatic heterocycles. The lowest BCUT2D eigenvalue weighted by Crippen LogP contribution is -2.45. The molecule has 9 heteroatoms. The van der Waals surface area contributed by atoms with Crippen LogP contribution in [0.2, 0.25) is 0 Å². The first-order chi connectivity index (χ1) is 10.6. The molecule has 0 bridgehead atoms. The zero-order chi connectivity index (χ0) is 17.3. The van der Waals surface area contributed by atoms with Crippen LogP contribution in [-0.2, 0) is 24.7 Å². The number of benzene rings is 1. The van der Waals surface area contributed by atoms with Gasteiger partial charge in [0.05, 0.1) is 15.8 Å². The maximum Gasteiger partial charge on any atom is 0.241 e. The number of amides is 1. The number of sulfone groups is 1. The summed E-state index contributed by atoms with van der Waals surface area (Å²) in [6, 6.07) is 4.17. The smallest absolute Gasteiger partial charge is 0.241 e. The molecular weight excluding hydrogens is 340 g/mol. The van der Waals surface area contributed by atoms with Gasteiger partial charge < -0.3 is 4.90 Å². The molecule has 1 heterocycles. The number of nitrogens with one attached hydrogen (secondary N) is 1. The predicted octanol–water partition coefficient (Wildman–Crippen LogP) is 0.379. The van der Waals surface area contributed by atoms with E-state index < -0.39 is 25.9 Å². The number of carbonyl (C=O) groups is 1. The van der Waals surface area contributed by atoms with Crippen molar-refractivity contribution in [1.82, 2.24) is 9.62 Å². The number of rotatable bonds is 5. The third-order valence-corrected chi connectivity index (χ3v) is 6.31. The van der Waals surface area contributed by atoms with E-state index in [9.17, 15) is 21.6 Å². The highest BCUT2D eigenvalue weighted by atomic mass is 32.2. The molecule has 1 aromatic rings. The van der Waals surface area contributed by atoms with E-state index in [1.54, 1.807) is 4.90 Å². The summed E-state index contributed by atoms with van der Waals surface area (Å²) in [7, 11) is -7.49. The van der Waals surface area contributed by atoms with Gasteiger partial charge in [-0.15, -0.1) is 0 Å². The largest absolute Gasteiger partial charge is 0.341 e. The fourth-order valence-electron chi connectivity index (χ4n) is 2.43. The number of sulfonamides is 1. The lowest BCUT2D eigenvalue weighted by Gasteiger charge is -2.21. The molecule has 0 spiro atoms. The van der Waals surface area contributed by atoms with Crippen LogP contribution in [0.5, 0.6) is 0 Å². The van der Waals surface area contributed by atoms with Gasteiger partial charge in [0.2, 0.25) is 15.9 Å². The molecule has 0 radical (unpaired) electrons. The Morgan fingerprint density at radius 1 is 1.13 bits per heavy atom. The van der Waals surface area contributed by atoms with Crippen LogP contribution < -0.4 is 4.72 Å². The Morgan fingerprint density at radius 3 is 2.26 bits per heavy atom. The fourth-order valence-corrected chi connectivity index (χ4v) is 4.42. The molecule has 1 N–H and O–H groups in total. The summed E-state index contributed by atoms with van der Waals surface area (Å²) in [5.41, 5.74) is 0. The SMILES string of the molecule is C[C@H](NS(=O)(=O)c1cccc(S(C)(=O)=O)c1)C(=O)N1CCCC1. The van der Waals surface area contributed by atoms with Crippen molar-refractivity contribution in [2.45, 2.75) is 35.6 Å². The van der Waals surface area contributed by atoms with Crippen LogP contribution in [-0.4, -0.2) is 53.0 Å². The highest BCUT2D eigenvalue weighted by Crippen LogP contribution is 2.16. The van der Waals surface area contributed by atoms with Gasteiger partial charge in [-0.05, 0) is 38.0 Å². The maximum absolute atomic E-state index is 12.4. The Kier molecular flexibility index (Phi) is 5.12. The molecule has 1 fully saturated rings. The van der Waals surface area contributed by atoms with Crippen LogP contribution in [0.25, 0.3) is 0 Å². The van der Waals surface area contributed by atoms with Crippen molar-refractivity contribution in [3.8, 4) is 0 Å². The van der Waals surface area contributed by atoms with E-state index >= 15 is 0 Å². The molecule has 1 saturated heterocycles. The Labute approximate surface area is 136 Å². The average Bonchev–Trinajstić information content (AvgIpc) is 2.99. The summed E-state index contributed by atoms with van der Waals surface area (Å²) in [5.74, 6) is -0.273. The summed E-state index contributed by atoms with van der Waals surface area (Å²) in [4.78, 5) is 13.5. The molecule has 7 nitrogen and oxygen atoms in total. The van der Waals surface area contributed by atoms with E-state index in [0.29, 0.717) is 13.1 Å². The molecule has 2 rings (SSSR count). The van der Waals surface area contributed by atoms with Crippen molar-refractivity contribution in [2.75, 3.05) is 19.3 Å². The van der Waals surface area contributed by atoms with Gasteiger partial charge in [0.1, 0.15) is 0 Å². The first-order valence-corrected chi connectivity index (χ1v) is 10.6. The lowest BCUT2D eigenvalue weighted by molar-refractivity contribution is -0.131. The Bertz CT molecular complexity index is 796. The van der Waals surface area contributed by atoms with Gasteiger partial charge in [-0.2, -0.15) is 4.72 Å². The molecule has 1 amide bonds. The number of hydrogen-bond donors (Lipinski definition) is 1. The van der Waals surface area contributed by atoms with Gasteiger partial charge in [-0.3, -0.25) is 4.79 Å². The second-order valence-corrected chi connectivity index (χ2v) is 9.35. The summed E-state index contributed by atoms with van der Waals surface area (Å²) in [6.07, 6.45) is 2.84. The molecule has 23 heavy (non-hydrogen) atoms. The van der Waals surface area contributed by atoms with Crippen LogP contribution in [0, 0.1) is 0 Å². The minimum Gasteiger partial charge on any atom is -0.341 e. The van der Waals surface area contributed by atoms with Crippen molar-refractivity contribution in [2.24, 2.45) is 0 Å². The monoisotopic (exact) mass is 360 g/mol. The molecule has 0 aliphatic carbocycles. The molecule has 0 unspecified atom stereocenters. The van der Waals surface area contributed by atoms with Crippen molar-refractivity contribution < 1.29 is 21.6 Å².